The van der Waals surface area contributed by atoms with Crippen LogP contribution in [0.4, 0.5) is 0 Å². The second-order valence-corrected chi connectivity index (χ2v) is 7.68. The van der Waals surface area contributed by atoms with Gasteiger partial charge in [-0.1, -0.05) is 0 Å². The lowest BCUT2D eigenvalue weighted by molar-refractivity contribution is -0.127. The molecule has 2 aromatic heterocycles. The van der Waals surface area contributed by atoms with Crippen molar-refractivity contribution in [2.75, 3.05) is 32.8 Å². The third-order valence-corrected chi connectivity index (χ3v) is 5.82. The van der Waals surface area contributed by atoms with Crippen molar-refractivity contribution in [3.8, 4) is 0 Å². The van der Waals surface area contributed by atoms with E-state index in [0.717, 1.165) is 37.5 Å². The molecule has 0 unspecified atom stereocenters. The maximum Gasteiger partial charge on any atom is 0.255 e. The normalized spacial score (nSPS) is 20.7. The Morgan fingerprint density at radius 1 is 1.28 bits per heavy atom. The topological polar surface area (TPSA) is 58.6 Å². The van der Waals surface area contributed by atoms with Crippen molar-refractivity contribution in [2.45, 2.75) is 25.0 Å². The highest BCUT2D eigenvalue weighted by atomic mass is 32.1. The largest absolute Gasteiger partial charge is 0.371 e. The Hall–Kier alpha value is -1.83. The zero-order valence-electron chi connectivity index (χ0n) is 14.1. The molecule has 7 heteroatoms. The smallest absolute Gasteiger partial charge is 0.255 e. The number of ether oxygens (including phenoxy) is 1. The van der Waals surface area contributed by atoms with Crippen LogP contribution in [0.15, 0.2) is 36.1 Å². The summed E-state index contributed by atoms with van der Waals surface area (Å²) in [6.07, 6.45) is 7.10. The standard InChI is InChI=1S/C18H22N4O2S/c23-17(15-2-1-5-19-12-15)22-9-10-24-18(14-22)3-7-21(8-4-18)13-16-20-6-11-25-16/h1-2,5-6,11-12H,3-4,7-10,13-14H2. The Kier molecular flexibility index (Phi) is 4.78. The van der Waals surface area contributed by atoms with Crippen molar-refractivity contribution in [2.24, 2.45) is 0 Å². The van der Waals surface area contributed by atoms with Crippen molar-refractivity contribution in [1.82, 2.24) is 19.8 Å². The maximum atomic E-state index is 12.7. The van der Waals surface area contributed by atoms with Gasteiger partial charge >= 0.3 is 0 Å². The summed E-state index contributed by atoms with van der Waals surface area (Å²) in [5.74, 6) is 0.0565. The Labute approximate surface area is 151 Å². The molecule has 0 saturated carbocycles. The van der Waals surface area contributed by atoms with Crippen molar-refractivity contribution in [3.63, 3.8) is 0 Å². The molecule has 0 N–H and O–H groups in total. The van der Waals surface area contributed by atoms with Crippen LogP contribution >= 0.6 is 11.3 Å². The van der Waals surface area contributed by atoms with Crippen LogP contribution < -0.4 is 0 Å². The Morgan fingerprint density at radius 3 is 2.88 bits per heavy atom. The average molecular weight is 358 g/mol. The van der Waals surface area contributed by atoms with Crippen LogP contribution in [-0.2, 0) is 11.3 Å². The monoisotopic (exact) mass is 358 g/mol. The first kappa shape index (κ1) is 16.6. The zero-order chi connectivity index (χ0) is 17.1. The van der Waals surface area contributed by atoms with Crippen LogP contribution in [0.2, 0.25) is 0 Å². The summed E-state index contributed by atoms with van der Waals surface area (Å²) in [4.78, 5) is 25.5. The first-order chi connectivity index (χ1) is 12.2. The lowest BCUT2D eigenvalue weighted by atomic mass is 9.89. The number of carbonyl (C=O) groups excluding carboxylic acids is 1. The van der Waals surface area contributed by atoms with E-state index < -0.39 is 0 Å². The fourth-order valence-electron chi connectivity index (χ4n) is 3.63. The highest BCUT2D eigenvalue weighted by molar-refractivity contribution is 7.09. The second kappa shape index (κ2) is 7.19. The van der Waals surface area contributed by atoms with Gasteiger partial charge < -0.3 is 9.64 Å². The van der Waals surface area contributed by atoms with Crippen LogP contribution in [0.25, 0.3) is 0 Å². The van der Waals surface area contributed by atoms with E-state index in [4.69, 9.17) is 4.74 Å². The van der Waals surface area contributed by atoms with E-state index in [1.165, 1.54) is 0 Å². The second-order valence-electron chi connectivity index (χ2n) is 6.70. The van der Waals surface area contributed by atoms with E-state index in [9.17, 15) is 4.79 Å². The van der Waals surface area contributed by atoms with Gasteiger partial charge in [-0.25, -0.2) is 4.98 Å². The molecule has 4 rings (SSSR count). The van der Waals surface area contributed by atoms with E-state index in [1.54, 1.807) is 29.8 Å². The van der Waals surface area contributed by atoms with Crippen molar-refractivity contribution >= 4 is 17.2 Å². The number of hydrogen-bond acceptors (Lipinski definition) is 6. The number of nitrogens with zero attached hydrogens (tertiary/aromatic N) is 4. The molecule has 2 aliphatic rings. The lowest BCUT2D eigenvalue weighted by Gasteiger charge is -2.47. The van der Waals surface area contributed by atoms with Gasteiger partial charge in [0.1, 0.15) is 5.01 Å². The molecule has 0 radical (unpaired) electrons. The third kappa shape index (κ3) is 3.73. The minimum Gasteiger partial charge on any atom is -0.371 e. The molecule has 2 aromatic rings. The SMILES string of the molecule is O=C(c1cccnc1)N1CCOC2(CCN(Cc3nccs3)CC2)C1. The molecule has 4 heterocycles. The van der Waals surface area contributed by atoms with E-state index >= 15 is 0 Å². The van der Waals surface area contributed by atoms with Gasteiger partial charge in [0.25, 0.3) is 5.91 Å². The number of carbonyl (C=O) groups is 1. The third-order valence-electron chi connectivity index (χ3n) is 5.05. The van der Waals surface area contributed by atoms with E-state index in [2.05, 4.69) is 14.9 Å². The molecule has 0 aliphatic carbocycles. The average Bonchev–Trinajstić information content (AvgIpc) is 3.17. The summed E-state index contributed by atoms with van der Waals surface area (Å²) in [6.45, 7) is 4.80. The molecule has 0 bridgehead atoms. The van der Waals surface area contributed by atoms with Gasteiger partial charge in [-0.3, -0.25) is 14.7 Å². The van der Waals surface area contributed by atoms with Gasteiger partial charge in [0.05, 0.1) is 30.9 Å². The van der Waals surface area contributed by atoms with Gasteiger partial charge in [-0.2, -0.15) is 0 Å². The number of thiazole rings is 1. The number of aromatic nitrogens is 2. The summed E-state index contributed by atoms with van der Waals surface area (Å²) in [5, 5.41) is 3.18. The molecular weight excluding hydrogens is 336 g/mol. The predicted molar refractivity (Wildman–Crippen MR) is 95.4 cm³/mol. The molecule has 25 heavy (non-hydrogen) atoms. The number of piperidine rings is 1. The van der Waals surface area contributed by atoms with E-state index in [1.807, 2.05) is 22.5 Å². The zero-order valence-corrected chi connectivity index (χ0v) is 15.0. The number of morpholine rings is 1. The molecule has 0 atom stereocenters. The summed E-state index contributed by atoms with van der Waals surface area (Å²) >= 11 is 1.70. The van der Waals surface area contributed by atoms with E-state index in [0.29, 0.717) is 25.3 Å². The molecule has 2 saturated heterocycles. The van der Waals surface area contributed by atoms with Crippen LogP contribution in [0.1, 0.15) is 28.2 Å². The van der Waals surface area contributed by atoms with Gasteiger partial charge in [0, 0.05) is 43.6 Å². The van der Waals surface area contributed by atoms with Gasteiger partial charge in [-0.05, 0) is 25.0 Å². The van der Waals surface area contributed by atoms with Crippen molar-refractivity contribution in [3.05, 3.63) is 46.7 Å². The quantitative estimate of drug-likeness (QED) is 0.840. The van der Waals surface area contributed by atoms with Crippen LogP contribution in [-0.4, -0.2) is 64.1 Å². The van der Waals surface area contributed by atoms with Crippen LogP contribution in [0, 0.1) is 0 Å². The number of amides is 1. The molecule has 6 nitrogen and oxygen atoms in total. The van der Waals surface area contributed by atoms with E-state index in [-0.39, 0.29) is 11.5 Å². The van der Waals surface area contributed by atoms with Gasteiger partial charge in [-0.15, -0.1) is 11.3 Å². The Bertz CT molecular complexity index is 699. The molecule has 2 fully saturated rings. The van der Waals surface area contributed by atoms with Gasteiger partial charge in [0.15, 0.2) is 0 Å². The summed E-state index contributed by atoms with van der Waals surface area (Å²) in [7, 11) is 0. The summed E-state index contributed by atoms with van der Waals surface area (Å²) in [5.41, 5.74) is 0.455. The number of pyridine rings is 1. The fraction of sp³-hybridized carbons (Fsp3) is 0.500. The van der Waals surface area contributed by atoms with Gasteiger partial charge in [0.2, 0.25) is 0 Å². The molecule has 132 valence electrons. The minimum absolute atomic E-state index is 0.0565. The maximum absolute atomic E-state index is 12.7. The molecule has 1 amide bonds. The fourth-order valence-corrected chi connectivity index (χ4v) is 4.29. The molecule has 0 aromatic carbocycles. The number of hydrogen-bond donors (Lipinski definition) is 0. The number of rotatable bonds is 3. The highest BCUT2D eigenvalue weighted by Gasteiger charge is 2.41. The molecule has 2 aliphatic heterocycles. The predicted octanol–water partition coefficient (Wildman–Crippen LogP) is 2.05. The first-order valence-corrected chi connectivity index (χ1v) is 9.56. The van der Waals surface area contributed by atoms with Crippen LogP contribution in [0.3, 0.4) is 0 Å². The van der Waals surface area contributed by atoms with Crippen LogP contribution in [0.5, 0.6) is 0 Å². The summed E-state index contributed by atoms with van der Waals surface area (Å²) < 4.78 is 6.16. The summed E-state index contributed by atoms with van der Waals surface area (Å²) in [6, 6.07) is 3.63. The Morgan fingerprint density at radius 2 is 2.16 bits per heavy atom. The first-order valence-electron chi connectivity index (χ1n) is 8.68. The molecule has 1 spiro atoms. The number of likely N-dealkylation sites (tertiary alicyclic amines) is 1. The minimum atomic E-state index is -0.199. The Balaban J connectivity index is 1.37. The highest BCUT2D eigenvalue weighted by Crippen LogP contribution is 2.31. The lowest BCUT2D eigenvalue weighted by Crippen LogP contribution is -2.57. The molecular formula is C18H22N4O2S. The van der Waals surface area contributed by atoms with Crippen molar-refractivity contribution in [1.29, 1.82) is 0 Å². The van der Waals surface area contributed by atoms with Crippen molar-refractivity contribution < 1.29 is 9.53 Å².